The summed E-state index contributed by atoms with van der Waals surface area (Å²) < 4.78 is 27.4. The van der Waals surface area contributed by atoms with Crippen LogP contribution in [0.2, 0.25) is 0 Å². The Kier molecular flexibility index (Phi) is 30.2. The van der Waals surface area contributed by atoms with Gasteiger partial charge in [-0.25, -0.2) is 8.78 Å². The predicted octanol–water partition coefficient (Wildman–Crippen LogP) is 5.02. The number of aliphatic carboxylic acids is 1. The van der Waals surface area contributed by atoms with Crippen LogP contribution < -0.4 is 5.32 Å². The molecule has 0 fully saturated rings. The Morgan fingerprint density at radius 1 is 1.17 bits per heavy atom. The third-order valence-electron chi connectivity index (χ3n) is 2.45. The first-order valence-electron chi connectivity index (χ1n) is 8.58. The van der Waals surface area contributed by atoms with Gasteiger partial charge in [0.25, 0.3) is 0 Å². The SMILES string of the molecule is C/C(F)=C\CF.C/C=C/OCCCCNCCCCC(=O)O.CC. The fourth-order valence-corrected chi connectivity index (χ4v) is 1.36. The molecule has 0 saturated carbocycles. The summed E-state index contributed by atoms with van der Waals surface area (Å²) in [6, 6.07) is 0. The largest absolute Gasteiger partial charge is 0.502 e. The molecule has 0 saturated heterocycles. The third-order valence-corrected chi connectivity index (χ3v) is 2.45. The molecule has 0 bridgehead atoms. The maximum absolute atomic E-state index is 11.3. The second kappa shape index (κ2) is 26.5. The van der Waals surface area contributed by atoms with Crippen LogP contribution in [0.1, 0.15) is 59.8 Å². The number of carbonyl (C=O) groups is 1. The quantitative estimate of drug-likeness (QED) is 0.383. The normalized spacial score (nSPS) is 10.5. The molecular weight excluding hydrogens is 316 g/mol. The van der Waals surface area contributed by atoms with E-state index in [0.29, 0.717) is 0 Å². The first kappa shape index (κ1) is 27.4. The number of carboxylic acids is 1. The average molecular weight is 351 g/mol. The van der Waals surface area contributed by atoms with Crippen molar-refractivity contribution in [1.29, 1.82) is 0 Å². The zero-order valence-corrected chi connectivity index (χ0v) is 15.6. The molecule has 0 aliphatic rings. The van der Waals surface area contributed by atoms with Gasteiger partial charge in [0.05, 0.1) is 18.7 Å². The topological polar surface area (TPSA) is 58.6 Å². The lowest BCUT2D eigenvalue weighted by molar-refractivity contribution is -0.137. The standard InChI is InChI=1S/C12H23NO3.C4H6F2.C2H6/c1-2-10-16-11-6-5-9-13-8-4-3-7-12(14)15;1-4(6)2-3-5;1-2/h2,10,13H,3-9,11H2,1H3,(H,14,15);2H,3H2,1H3;1-2H3/b10-2+;4-2+;. The van der Waals surface area contributed by atoms with Crippen molar-refractivity contribution < 1.29 is 23.4 Å². The fraction of sp³-hybridized carbons (Fsp3) is 0.722. The maximum Gasteiger partial charge on any atom is 0.303 e. The summed E-state index contributed by atoms with van der Waals surface area (Å²) in [5.41, 5.74) is 0. The van der Waals surface area contributed by atoms with E-state index in [-0.39, 0.29) is 6.42 Å². The number of ether oxygens (including phenoxy) is 1. The minimum Gasteiger partial charge on any atom is -0.502 e. The van der Waals surface area contributed by atoms with E-state index in [1.54, 1.807) is 6.26 Å². The van der Waals surface area contributed by atoms with Crippen LogP contribution in [0, 0.1) is 0 Å². The molecule has 0 aromatic heterocycles. The lowest BCUT2D eigenvalue weighted by Crippen LogP contribution is -2.17. The third kappa shape index (κ3) is 37.1. The van der Waals surface area contributed by atoms with Gasteiger partial charge in [0.1, 0.15) is 6.67 Å². The molecule has 0 aliphatic carbocycles. The van der Waals surface area contributed by atoms with Gasteiger partial charge in [0.2, 0.25) is 0 Å². The van der Waals surface area contributed by atoms with E-state index in [2.05, 4.69) is 5.32 Å². The number of unbranched alkanes of at least 4 members (excludes halogenated alkanes) is 2. The Bertz CT molecular complexity index is 305. The molecule has 0 spiro atoms. The predicted molar refractivity (Wildman–Crippen MR) is 96.5 cm³/mol. The van der Waals surface area contributed by atoms with E-state index in [0.717, 1.165) is 51.5 Å². The summed E-state index contributed by atoms with van der Waals surface area (Å²) in [5.74, 6) is -1.17. The highest BCUT2D eigenvalue weighted by Crippen LogP contribution is 1.94. The van der Waals surface area contributed by atoms with Crippen LogP contribution in [0.5, 0.6) is 0 Å². The average Bonchev–Trinajstić information content (AvgIpc) is 2.55. The maximum atomic E-state index is 11.3. The van der Waals surface area contributed by atoms with Gasteiger partial charge in [-0.1, -0.05) is 19.9 Å². The number of allylic oxidation sites excluding steroid dienone is 3. The van der Waals surface area contributed by atoms with Gasteiger partial charge >= 0.3 is 5.97 Å². The number of nitrogens with one attached hydrogen (secondary N) is 1. The number of rotatable bonds is 12. The van der Waals surface area contributed by atoms with Crippen molar-refractivity contribution in [1.82, 2.24) is 5.32 Å². The van der Waals surface area contributed by atoms with Gasteiger partial charge < -0.3 is 15.2 Å². The molecule has 24 heavy (non-hydrogen) atoms. The van der Waals surface area contributed by atoms with Gasteiger partial charge in [0.15, 0.2) is 0 Å². The van der Waals surface area contributed by atoms with E-state index in [1.165, 1.54) is 6.92 Å². The lowest BCUT2D eigenvalue weighted by Gasteiger charge is -2.04. The van der Waals surface area contributed by atoms with E-state index < -0.39 is 18.5 Å². The summed E-state index contributed by atoms with van der Waals surface area (Å²) in [5, 5.41) is 11.7. The summed E-state index contributed by atoms with van der Waals surface area (Å²) >= 11 is 0. The first-order valence-corrected chi connectivity index (χ1v) is 8.58. The minimum atomic E-state index is -0.707. The number of carboxylic acid groups (broad SMARTS) is 1. The molecule has 0 atom stereocenters. The molecular formula is C18H35F2NO3. The highest BCUT2D eigenvalue weighted by molar-refractivity contribution is 5.66. The number of hydrogen-bond acceptors (Lipinski definition) is 3. The summed E-state index contributed by atoms with van der Waals surface area (Å²) in [6.45, 7) is 9.08. The van der Waals surface area contributed by atoms with E-state index in [9.17, 15) is 13.6 Å². The van der Waals surface area contributed by atoms with Crippen LogP contribution in [-0.4, -0.2) is 37.4 Å². The molecule has 0 aromatic rings. The smallest absolute Gasteiger partial charge is 0.303 e. The van der Waals surface area contributed by atoms with Crippen LogP contribution >= 0.6 is 0 Å². The monoisotopic (exact) mass is 351 g/mol. The van der Waals surface area contributed by atoms with Crippen molar-refractivity contribution in [3.63, 3.8) is 0 Å². The highest BCUT2D eigenvalue weighted by Gasteiger charge is 1.95. The molecule has 2 N–H and O–H groups in total. The summed E-state index contributed by atoms with van der Waals surface area (Å²) in [7, 11) is 0. The first-order chi connectivity index (χ1) is 11.5. The molecule has 4 nitrogen and oxygen atoms in total. The van der Waals surface area contributed by atoms with E-state index >= 15 is 0 Å². The van der Waals surface area contributed by atoms with Crippen molar-refractivity contribution in [3.05, 3.63) is 24.2 Å². The number of alkyl halides is 1. The van der Waals surface area contributed by atoms with Crippen molar-refractivity contribution in [2.24, 2.45) is 0 Å². The van der Waals surface area contributed by atoms with Gasteiger partial charge in [0, 0.05) is 6.42 Å². The Morgan fingerprint density at radius 2 is 1.75 bits per heavy atom. The van der Waals surface area contributed by atoms with Gasteiger partial charge in [-0.3, -0.25) is 4.79 Å². The Labute approximate surface area is 146 Å². The molecule has 0 amide bonds. The van der Waals surface area contributed by atoms with Gasteiger partial charge in [-0.2, -0.15) is 0 Å². The molecule has 0 heterocycles. The van der Waals surface area contributed by atoms with Crippen molar-refractivity contribution in [2.45, 2.75) is 59.8 Å². The Hall–Kier alpha value is -1.43. The van der Waals surface area contributed by atoms with Gasteiger partial charge in [-0.15, -0.1) is 0 Å². The second-order valence-corrected chi connectivity index (χ2v) is 4.59. The molecule has 0 unspecified atom stereocenters. The van der Waals surface area contributed by atoms with Crippen LogP contribution in [0.3, 0.4) is 0 Å². The second-order valence-electron chi connectivity index (χ2n) is 4.59. The molecule has 6 heteroatoms. The van der Waals surface area contributed by atoms with Crippen molar-refractivity contribution >= 4 is 5.97 Å². The summed E-state index contributed by atoms with van der Waals surface area (Å²) in [4.78, 5) is 10.2. The minimum absolute atomic E-state index is 0.277. The number of halogens is 2. The molecule has 0 radical (unpaired) electrons. The molecule has 0 rings (SSSR count). The van der Waals surface area contributed by atoms with Crippen LogP contribution in [0.4, 0.5) is 8.78 Å². The highest BCUT2D eigenvalue weighted by atomic mass is 19.1. The lowest BCUT2D eigenvalue weighted by atomic mass is 10.2. The summed E-state index contributed by atoms with van der Waals surface area (Å²) in [6.07, 6.45) is 8.57. The Morgan fingerprint density at radius 3 is 2.17 bits per heavy atom. The zero-order chi connectivity index (χ0) is 19.1. The van der Waals surface area contributed by atoms with Crippen molar-refractivity contribution in [2.75, 3.05) is 26.4 Å². The van der Waals surface area contributed by atoms with Crippen LogP contribution in [0.15, 0.2) is 24.2 Å². The van der Waals surface area contributed by atoms with Crippen LogP contribution in [-0.2, 0) is 9.53 Å². The van der Waals surface area contributed by atoms with Gasteiger partial charge in [-0.05, 0) is 58.7 Å². The Balaban J connectivity index is -0.000000462. The molecule has 144 valence electrons. The van der Waals surface area contributed by atoms with Crippen LogP contribution in [0.25, 0.3) is 0 Å². The van der Waals surface area contributed by atoms with E-state index in [4.69, 9.17) is 9.84 Å². The molecule has 0 aliphatic heterocycles. The fourth-order valence-electron chi connectivity index (χ4n) is 1.36. The zero-order valence-electron chi connectivity index (χ0n) is 15.6. The molecule has 0 aromatic carbocycles. The van der Waals surface area contributed by atoms with E-state index in [1.807, 2.05) is 26.8 Å². The number of hydrogen-bond donors (Lipinski definition) is 2. The van der Waals surface area contributed by atoms with Crippen molar-refractivity contribution in [3.8, 4) is 0 Å².